The van der Waals surface area contributed by atoms with Gasteiger partial charge in [-0.3, -0.25) is 19.7 Å². The van der Waals surface area contributed by atoms with E-state index >= 15 is 0 Å². The molecule has 20 heavy (non-hydrogen) atoms. The number of amides is 1. The first-order chi connectivity index (χ1) is 9.16. The van der Waals surface area contributed by atoms with E-state index in [1.807, 2.05) is 0 Å². The molecule has 0 heterocycles. The molecule has 1 rings (SSSR count). The highest BCUT2D eigenvalue weighted by atomic mass is 16.6. The van der Waals surface area contributed by atoms with Crippen molar-refractivity contribution < 1.29 is 19.6 Å². The average molecular weight is 280 g/mol. The van der Waals surface area contributed by atoms with Gasteiger partial charge in [0, 0.05) is 12.6 Å². The third-order valence-electron chi connectivity index (χ3n) is 2.94. The molecule has 0 atom stereocenters. The number of carboxylic acids is 1. The van der Waals surface area contributed by atoms with E-state index in [0.29, 0.717) is 5.56 Å². The zero-order valence-corrected chi connectivity index (χ0v) is 11.5. The lowest BCUT2D eigenvalue weighted by Gasteiger charge is -2.19. The number of nitro benzene ring substituents is 1. The third kappa shape index (κ3) is 3.31. The van der Waals surface area contributed by atoms with E-state index in [2.05, 4.69) is 5.32 Å². The van der Waals surface area contributed by atoms with Gasteiger partial charge in [0.25, 0.3) is 11.6 Å². The van der Waals surface area contributed by atoms with Crippen molar-refractivity contribution in [1.29, 1.82) is 0 Å². The Labute approximate surface area is 115 Å². The Morgan fingerprint density at radius 1 is 1.40 bits per heavy atom. The number of carbonyl (C=O) groups is 2. The van der Waals surface area contributed by atoms with Crippen molar-refractivity contribution in [3.05, 3.63) is 39.4 Å². The number of aryl methyl sites for hydroxylation is 1. The van der Waals surface area contributed by atoms with E-state index in [9.17, 15) is 19.7 Å². The van der Waals surface area contributed by atoms with Crippen LogP contribution in [0.2, 0.25) is 0 Å². The summed E-state index contributed by atoms with van der Waals surface area (Å²) in [6, 6.07) is 4.32. The second kappa shape index (κ2) is 5.68. The molecule has 0 spiro atoms. The van der Waals surface area contributed by atoms with Crippen LogP contribution in [0.1, 0.15) is 29.8 Å². The quantitative estimate of drug-likeness (QED) is 0.630. The second-order valence-corrected chi connectivity index (χ2v) is 5.10. The Morgan fingerprint density at radius 2 is 2.00 bits per heavy atom. The number of benzene rings is 1. The largest absolute Gasteiger partial charge is 0.481 e. The maximum Gasteiger partial charge on any atom is 0.310 e. The summed E-state index contributed by atoms with van der Waals surface area (Å²) >= 11 is 0. The van der Waals surface area contributed by atoms with Crippen LogP contribution in [0.5, 0.6) is 0 Å². The van der Waals surface area contributed by atoms with Gasteiger partial charge in [0.15, 0.2) is 0 Å². The number of hydrogen-bond donors (Lipinski definition) is 2. The van der Waals surface area contributed by atoms with Crippen molar-refractivity contribution in [3.63, 3.8) is 0 Å². The molecule has 108 valence electrons. The van der Waals surface area contributed by atoms with Crippen LogP contribution in [0.25, 0.3) is 0 Å². The maximum atomic E-state index is 12.1. The Kier molecular flexibility index (Phi) is 4.44. The molecule has 0 aliphatic carbocycles. The summed E-state index contributed by atoms with van der Waals surface area (Å²) < 4.78 is 0. The first-order valence-electron chi connectivity index (χ1n) is 5.92. The number of carbonyl (C=O) groups excluding carboxylic acids is 1. The predicted octanol–water partition coefficient (Wildman–Crippen LogP) is 1.74. The zero-order chi connectivity index (χ0) is 15.5. The van der Waals surface area contributed by atoms with Crippen LogP contribution in [0.4, 0.5) is 5.69 Å². The summed E-state index contributed by atoms with van der Waals surface area (Å²) in [7, 11) is 0. The fourth-order valence-corrected chi connectivity index (χ4v) is 1.57. The van der Waals surface area contributed by atoms with E-state index in [1.165, 1.54) is 26.0 Å². The highest BCUT2D eigenvalue weighted by Crippen LogP contribution is 2.22. The van der Waals surface area contributed by atoms with Gasteiger partial charge in [-0.15, -0.1) is 0 Å². The highest BCUT2D eigenvalue weighted by Gasteiger charge is 2.29. The van der Waals surface area contributed by atoms with Gasteiger partial charge in [-0.1, -0.05) is 12.1 Å². The van der Waals surface area contributed by atoms with Gasteiger partial charge >= 0.3 is 5.97 Å². The summed E-state index contributed by atoms with van der Waals surface area (Å²) in [5.74, 6) is -1.71. The minimum absolute atomic E-state index is 0.0429. The maximum absolute atomic E-state index is 12.1. The molecule has 2 N–H and O–H groups in total. The molecule has 0 saturated heterocycles. The normalized spacial score (nSPS) is 10.9. The lowest BCUT2D eigenvalue weighted by molar-refractivity contribution is -0.385. The van der Waals surface area contributed by atoms with E-state index in [1.54, 1.807) is 13.0 Å². The molecule has 1 aromatic rings. The van der Waals surface area contributed by atoms with E-state index in [0.717, 1.165) is 0 Å². The van der Waals surface area contributed by atoms with E-state index < -0.39 is 22.2 Å². The SMILES string of the molecule is Cc1cccc([N+](=O)[O-])c1C(=O)NCC(C)(C)C(=O)O. The Hall–Kier alpha value is -2.44. The van der Waals surface area contributed by atoms with Crippen molar-refractivity contribution in [2.24, 2.45) is 5.41 Å². The third-order valence-corrected chi connectivity index (χ3v) is 2.94. The van der Waals surface area contributed by atoms with Gasteiger partial charge in [0.1, 0.15) is 5.56 Å². The molecule has 0 radical (unpaired) electrons. The number of nitro groups is 1. The van der Waals surface area contributed by atoms with Crippen LogP contribution < -0.4 is 5.32 Å². The van der Waals surface area contributed by atoms with E-state index in [-0.39, 0.29) is 17.8 Å². The molecular weight excluding hydrogens is 264 g/mol. The number of nitrogens with zero attached hydrogens (tertiary/aromatic N) is 1. The lowest BCUT2D eigenvalue weighted by atomic mass is 9.93. The van der Waals surface area contributed by atoms with Gasteiger partial charge < -0.3 is 10.4 Å². The first kappa shape index (κ1) is 15.6. The smallest absolute Gasteiger partial charge is 0.310 e. The molecule has 0 saturated carbocycles. The fourth-order valence-electron chi connectivity index (χ4n) is 1.57. The number of hydrogen-bond acceptors (Lipinski definition) is 4. The molecule has 0 unspecified atom stereocenters. The summed E-state index contributed by atoms with van der Waals surface area (Å²) in [6.07, 6.45) is 0. The molecule has 0 bridgehead atoms. The summed E-state index contributed by atoms with van der Waals surface area (Å²) in [4.78, 5) is 33.3. The van der Waals surface area contributed by atoms with Crippen LogP contribution in [0.15, 0.2) is 18.2 Å². The van der Waals surface area contributed by atoms with Gasteiger partial charge in [0.05, 0.1) is 10.3 Å². The van der Waals surface area contributed by atoms with Gasteiger partial charge in [-0.05, 0) is 26.3 Å². The number of carboxylic acid groups (broad SMARTS) is 1. The Bertz CT molecular complexity index is 566. The monoisotopic (exact) mass is 280 g/mol. The Balaban J connectivity index is 2.99. The molecule has 7 heteroatoms. The minimum Gasteiger partial charge on any atom is -0.481 e. The molecule has 0 aliphatic heterocycles. The van der Waals surface area contributed by atoms with Crippen LogP contribution in [0, 0.1) is 22.5 Å². The van der Waals surface area contributed by atoms with Gasteiger partial charge in [-0.2, -0.15) is 0 Å². The zero-order valence-electron chi connectivity index (χ0n) is 11.5. The molecule has 0 aromatic heterocycles. The average Bonchev–Trinajstić information content (AvgIpc) is 2.35. The highest BCUT2D eigenvalue weighted by molar-refractivity contribution is 5.99. The summed E-state index contributed by atoms with van der Waals surface area (Å²) in [6.45, 7) is 4.39. The van der Waals surface area contributed by atoms with Crippen LogP contribution in [-0.2, 0) is 4.79 Å². The summed E-state index contributed by atoms with van der Waals surface area (Å²) in [5.41, 5.74) is -1.02. The lowest BCUT2D eigenvalue weighted by Crippen LogP contribution is -2.39. The van der Waals surface area contributed by atoms with Crippen LogP contribution in [0.3, 0.4) is 0 Å². The fraction of sp³-hybridized carbons (Fsp3) is 0.385. The van der Waals surface area contributed by atoms with Gasteiger partial charge in [-0.25, -0.2) is 0 Å². The molecule has 7 nitrogen and oxygen atoms in total. The number of nitrogens with one attached hydrogen (secondary N) is 1. The van der Waals surface area contributed by atoms with E-state index in [4.69, 9.17) is 5.11 Å². The van der Waals surface area contributed by atoms with Crippen LogP contribution in [-0.4, -0.2) is 28.5 Å². The van der Waals surface area contributed by atoms with Crippen molar-refractivity contribution in [3.8, 4) is 0 Å². The number of aliphatic carboxylic acids is 1. The van der Waals surface area contributed by atoms with Crippen molar-refractivity contribution in [2.75, 3.05) is 6.54 Å². The van der Waals surface area contributed by atoms with Crippen molar-refractivity contribution >= 4 is 17.6 Å². The standard InChI is InChI=1S/C13H16N2O5/c1-8-5-4-6-9(15(19)20)10(8)11(16)14-7-13(2,3)12(17)18/h4-6H,7H2,1-3H3,(H,14,16)(H,17,18). The first-order valence-corrected chi connectivity index (χ1v) is 5.92. The molecular formula is C13H16N2O5. The molecule has 0 fully saturated rings. The molecule has 0 aliphatic rings. The van der Waals surface area contributed by atoms with Crippen LogP contribution >= 0.6 is 0 Å². The van der Waals surface area contributed by atoms with Gasteiger partial charge in [0.2, 0.25) is 0 Å². The summed E-state index contributed by atoms with van der Waals surface area (Å²) in [5, 5.41) is 22.3. The topological polar surface area (TPSA) is 110 Å². The second-order valence-electron chi connectivity index (χ2n) is 5.10. The minimum atomic E-state index is -1.15. The van der Waals surface area contributed by atoms with Crippen molar-refractivity contribution in [2.45, 2.75) is 20.8 Å². The Morgan fingerprint density at radius 3 is 2.50 bits per heavy atom. The van der Waals surface area contributed by atoms with Crippen molar-refractivity contribution in [1.82, 2.24) is 5.32 Å². The molecule has 1 amide bonds. The molecule has 1 aromatic carbocycles. The number of rotatable bonds is 5. The predicted molar refractivity (Wildman–Crippen MR) is 71.6 cm³/mol.